The molecule has 1 atom stereocenters. The Morgan fingerprint density at radius 1 is 1.20 bits per heavy atom. The summed E-state index contributed by atoms with van der Waals surface area (Å²) in [5.41, 5.74) is 1.92. The molecule has 0 saturated heterocycles. The highest BCUT2D eigenvalue weighted by atomic mass is 16.5. The van der Waals surface area contributed by atoms with Gasteiger partial charge in [-0.1, -0.05) is 49.1 Å². The molecule has 0 aliphatic rings. The molecule has 0 aliphatic heterocycles. The van der Waals surface area contributed by atoms with Gasteiger partial charge in [0.25, 0.3) is 0 Å². The Bertz CT molecular complexity index is 738. The van der Waals surface area contributed by atoms with E-state index in [9.17, 15) is 4.79 Å². The summed E-state index contributed by atoms with van der Waals surface area (Å²) in [5.74, 6) is 1.10. The van der Waals surface area contributed by atoms with E-state index in [0.29, 0.717) is 18.1 Å². The number of benzene rings is 2. The van der Waals surface area contributed by atoms with Crippen LogP contribution in [0.5, 0.6) is 11.5 Å². The summed E-state index contributed by atoms with van der Waals surface area (Å²) in [5, 5.41) is 2.94. The molecule has 4 heteroatoms. The Kier molecular flexibility index (Phi) is 6.84. The van der Waals surface area contributed by atoms with Crippen LogP contribution in [0.1, 0.15) is 24.1 Å². The summed E-state index contributed by atoms with van der Waals surface area (Å²) in [6, 6.07) is 15.3. The molecule has 2 aromatic rings. The van der Waals surface area contributed by atoms with Crippen molar-refractivity contribution in [3.8, 4) is 11.5 Å². The molecular weight excluding hydrogens is 314 g/mol. The number of amides is 1. The molecule has 0 radical (unpaired) electrons. The van der Waals surface area contributed by atoms with Crippen molar-refractivity contribution in [3.05, 3.63) is 78.4 Å². The van der Waals surface area contributed by atoms with Gasteiger partial charge in [0.05, 0.1) is 13.2 Å². The van der Waals surface area contributed by atoms with E-state index in [-0.39, 0.29) is 11.9 Å². The summed E-state index contributed by atoms with van der Waals surface area (Å²) in [7, 11) is 1.58. The third-order valence-corrected chi connectivity index (χ3v) is 3.63. The first-order chi connectivity index (χ1) is 12.1. The van der Waals surface area contributed by atoms with Crippen LogP contribution in [-0.2, 0) is 4.79 Å². The van der Waals surface area contributed by atoms with Crippen LogP contribution in [0.25, 0.3) is 6.08 Å². The Morgan fingerprint density at radius 3 is 2.64 bits per heavy atom. The normalized spacial score (nSPS) is 11.8. The van der Waals surface area contributed by atoms with Crippen molar-refractivity contribution in [2.45, 2.75) is 13.0 Å². The Balaban J connectivity index is 2.00. The quantitative estimate of drug-likeness (QED) is 0.581. The van der Waals surface area contributed by atoms with Gasteiger partial charge < -0.3 is 14.8 Å². The van der Waals surface area contributed by atoms with Crippen molar-refractivity contribution in [3.63, 3.8) is 0 Å². The van der Waals surface area contributed by atoms with Crippen molar-refractivity contribution >= 4 is 12.0 Å². The zero-order valence-electron chi connectivity index (χ0n) is 14.6. The average Bonchev–Trinajstić information content (AvgIpc) is 2.65. The second-order valence-electron chi connectivity index (χ2n) is 5.48. The first-order valence-corrected chi connectivity index (χ1v) is 8.09. The van der Waals surface area contributed by atoms with Crippen LogP contribution in [0.15, 0.2) is 67.3 Å². The predicted octanol–water partition coefficient (Wildman–Crippen LogP) is 4.15. The molecule has 0 unspecified atom stereocenters. The second-order valence-corrected chi connectivity index (χ2v) is 5.48. The van der Waals surface area contributed by atoms with E-state index in [4.69, 9.17) is 9.47 Å². The van der Waals surface area contributed by atoms with Crippen LogP contribution in [0.3, 0.4) is 0 Å². The summed E-state index contributed by atoms with van der Waals surface area (Å²) in [4.78, 5) is 12.1. The Morgan fingerprint density at radius 2 is 1.96 bits per heavy atom. The Hall–Kier alpha value is -3.01. The lowest BCUT2D eigenvalue weighted by molar-refractivity contribution is -0.117. The molecule has 2 rings (SSSR count). The number of rotatable bonds is 8. The molecule has 130 valence electrons. The van der Waals surface area contributed by atoms with E-state index >= 15 is 0 Å². The third kappa shape index (κ3) is 5.53. The SMILES string of the molecule is C=CCOc1ccc(/C=C/C(=O)N[C@@H](C)c2ccccc2)cc1OC. The molecule has 1 amide bonds. The molecule has 0 saturated carbocycles. The molecule has 0 aromatic heterocycles. The van der Waals surface area contributed by atoms with E-state index in [2.05, 4.69) is 11.9 Å². The lowest BCUT2D eigenvalue weighted by Crippen LogP contribution is -2.24. The largest absolute Gasteiger partial charge is 0.493 e. The maximum Gasteiger partial charge on any atom is 0.244 e. The zero-order chi connectivity index (χ0) is 18.1. The molecule has 2 aromatic carbocycles. The van der Waals surface area contributed by atoms with E-state index in [1.807, 2.05) is 55.5 Å². The van der Waals surface area contributed by atoms with Crippen molar-refractivity contribution in [1.82, 2.24) is 5.32 Å². The third-order valence-electron chi connectivity index (χ3n) is 3.63. The van der Waals surface area contributed by atoms with Gasteiger partial charge in [-0.05, 0) is 36.3 Å². The Labute approximate surface area is 148 Å². The highest BCUT2D eigenvalue weighted by molar-refractivity contribution is 5.92. The minimum atomic E-state index is -0.151. The van der Waals surface area contributed by atoms with Gasteiger partial charge in [0.15, 0.2) is 11.5 Å². The standard InChI is InChI=1S/C21H23NO3/c1-4-14-25-19-12-10-17(15-20(19)24-3)11-13-21(23)22-16(2)18-8-6-5-7-9-18/h4-13,15-16H,1,14H2,2-3H3,(H,22,23)/b13-11+/t16-/m0/s1. The summed E-state index contributed by atoms with van der Waals surface area (Å²) in [6.45, 7) is 5.98. The van der Waals surface area contributed by atoms with Crippen LogP contribution in [-0.4, -0.2) is 19.6 Å². The number of nitrogens with one attached hydrogen (secondary N) is 1. The van der Waals surface area contributed by atoms with Crippen molar-refractivity contribution in [2.75, 3.05) is 13.7 Å². The maximum atomic E-state index is 12.1. The van der Waals surface area contributed by atoms with Crippen molar-refractivity contribution in [2.24, 2.45) is 0 Å². The van der Waals surface area contributed by atoms with Crippen LogP contribution < -0.4 is 14.8 Å². The molecule has 0 fully saturated rings. The first-order valence-electron chi connectivity index (χ1n) is 8.09. The van der Waals surface area contributed by atoms with E-state index in [1.165, 1.54) is 6.08 Å². The average molecular weight is 337 g/mol. The number of methoxy groups -OCH3 is 1. The fraction of sp³-hybridized carbons (Fsp3) is 0.190. The maximum absolute atomic E-state index is 12.1. The first kappa shape index (κ1) is 18.3. The van der Waals surface area contributed by atoms with Gasteiger partial charge in [0.2, 0.25) is 5.91 Å². The molecule has 0 aliphatic carbocycles. The van der Waals surface area contributed by atoms with Gasteiger partial charge in [0.1, 0.15) is 6.61 Å². The second kappa shape index (κ2) is 9.33. The number of hydrogen-bond acceptors (Lipinski definition) is 3. The van der Waals surface area contributed by atoms with Gasteiger partial charge in [-0.15, -0.1) is 0 Å². The number of ether oxygens (including phenoxy) is 2. The molecule has 0 spiro atoms. The van der Waals surface area contributed by atoms with E-state index in [1.54, 1.807) is 19.3 Å². The summed E-state index contributed by atoms with van der Waals surface area (Å²) in [6.07, 6.45) is 4.93. The predicted molar refractivity (Wildman–Crippen MR) is 101 cm³/mol. The monoisotopic (exact) mass is 337 g/mol. The highest BCUT2D eigenvalue weighted by Gasteiger charge is 2.07. The van der Waals surface area contributed by atoms with Gasteiger partial charge in [-0.2, -0.15) is 0 Å². The summed E-state index contributed by atoms with van der Waals surface area (Å²) < 4.78 is 10.8. The molecule has 0 heterocycles. The van der Waals surface area contributed by atoms with Crippen LogP contribution in [0.4, 0.5) is 0 Å². The summed E-state index contributed by atoms with van der Waals surface area (Å²) >= 11 is 0. The fourth-order valence-electron chi connectivity index (χ4n) is 2.31. The minimum Gasteiger partial charge on any atom is -0.493 e. The molecular formula is C21H23NO3. The topological polar surface area (TPSA) is 47.6 Å². The number of carbonyl (C=O) groups is 1. The van der Waals surface area contributed by atoms with Crippen LogP contribution >= 0.6 is 0 Å². The smallest absolute Gasteiger partial charge is 0.244 e. The van der Waals surface area contributed by atoms with Crippen molar-refractivity contribution < 1.29 is 14.3 Å². The van der Waals surface area contributed by atoms with Gasteiger partial charge in [0, 0.05) is 6.08 Å². The van der Waals surface area contributed by atoms with E-state index in [0.717, 1.165) is 11.1 Å². The fourth-order valence-corrected chi connectivity index (χ4v) is 2.31. The molecule has 0 bridgehead atoms. The lowest BCUT2D eigenvalue weighted by atomic mass is 10.1. The van der Waals surface area contributed by atoms with Crippen LogP contribution in [0.2, 0.25) is 0 Å². The number of carbonyl (C=O) groups excluding carboxylic acids is 1. The van der Waals surface area contributed by atoms with Gasteiger partial charge >= 0.3 is 0 Å². The molecule has 1 N–H and O–H groups in total. The highest BCUT2D eigenvalue weighted by Crippen LogP contribution is 2.28. The van der Waals surface area contributed by atoms with Gasteiger partial charge in [-0.3, -0.25) is 4.79 Å². The zero-order valence-corrected chi connectivity index (χ0v) is 14.6. The minimum absolute atomic E-state index is 0.0532. The molecule has 4 nitrogen and oxygen atoms in total. The van der Waals surface area contributed by atoms with Crippen molar-refractivity contribution in [1.29, 1.82) is 0 Å². The molecule has 25 heavy (non-hydrogen) atoms. The number of hydrogen-bond donors (Lipinski definition) is 1. The lowest BCUT2D eigenvalue weighted by Gasteiger charge is -2.12. The van der Waals surface area contributed by atoms with E-state index < -0.39 is 0 Å². The van der Waals surface area contributed by atoms with Crippen LogP contribution in [0, 0.1) is 0 Å². The van der Waals surface area contributed by atoms with Gasteiger partial charge in [-0.25, -0.2) is 0 Å².